The topological polar surface area (TPSA) is 32.3 Å². The molecule has 98 valence electrons. The average molecular weight is 238 g/mol. The third-order valence-electron chi connectivity index (χ3n) is 4.36. The van der Waals surface area contributed by atoms with E-state index < -0.39 is 0 Å². The van der Waals surface area contributed by atoms with Crippen LogP contribution in [0, 0.1) is 5.92 Å². The van der Waals surface area contributed by atoms with Gasteiger partial charge >= 0.3 is 0 Å². The van der Waals surface area contributed by atoms with Crippen LogP contribution in [0.2, 0.25) is 0 Å². The Bertz CT molecular complexity index is 241. The number of carbonyl (C=O) groups is 1. The highest BCUT2D eigenvalue weighted by atomic mass is 16.2. The first-order valence-electron chi connectivity index (χ1n) is 7.24. The lowest BCUT2D eigenvalue weighted by Gasteiger charge is -2.33. The van der Waals surface area contributed by atoms with E-state index in [0.717, 1.165) is 31.8 Å². The highest BCUT2D eigenvalue weighted by Crippen LogP contribution is 2.23. The summed E-state index contributed by atoms with van der Waals surface area (Å²) in [5, 5.41) is 3.71. The summed E-state index contributed by atoms with van der Waals surface area (Å²) in [5.41, 5.74) is 0. The average Bonchev–Trinajstić information content (AvgIpc) is 2.38. The van der Waals surface area contributed by atoms with E-state index in [-0.39, 0.29) is 5.91 Å². The number of nitrogens with one attached hydrogen (secondary N) is 1. The van der Waals surface area contributed by atoms with Crippen LogP contribution in [-0.2, 0) is 4.79 Å². The van der Waals surface area contributed by atoms with Crippen LogP contribution in [0.15, 0.2) is 0 Å². The highest BCUT2D eigenvalue weighted by molar-refractivity contribution is 5.73. The van der Waals surface area contributed by atoms with Gasteiger partial charge in [0, 0.05) is 26.1 Å². The number of carbonyl (C=O) groups excluding carboxylic acids is 1. The number of nitrogens with zero attached hydrogens (tertiary/aromatic N) is 1. The van der Waals surface area contributed by atoms with Gasteiger partial charge in [-0.3, -0.25) is 4.79 Å². The van der Waals surface area contributed by atoms with Gasteiger partial charge in [0.2, 0.25) is 5.91 Å². The molecule has 2 fully saturated rings. The molecule has 1 N–H and O–H groups in total. The molecule has 0 unspecified atom stereocenters. The van der Waals surface area contributed by atoms with Gasteiger partial charge in [0.1, 0.15) is 0 Å². The van der Waals surface area contributed by atoms with Crippen LogP contribution in [0.4, 0.5) is 0 Å². The van der Waals surface area contributed by atoms with Crippen molar-refractivity contribution in [1.29, 1.82) is 0 Å². The van der Waals surface area contributed by atoms with Crippen LogP contribution in [0.1, 0.15) is 51.9 Å². The number of likely N-dealkylation sites (tertiary alicyclic amines) is 1. The zero-order valence-corrected chi connectivity index (χ0v) is 11.1. The molecule has 1 amide bonds. The van der Waals surface area contributed by atoms with Gasteiger partial charge in [-0.15, -0.1) is 0 Å². The maximum atomic E-state index is 11.2. The Morgan fingerprint density at radius 1 is 1.12 bits per heavy atom. The summed E-state index contributed by atoms with van der Waals surface area (Å²) in [6.45, 7) is 4.76. The molecule has 1 aliphatic heterocycles. The molecule has 0 radical (unpaired) electrons. The largest absolute Gasteiger partial charge is 0.343 e. The van der Waals surface area contributed by atoms with Crippen molar-refractivity contribution in [3.8, 4) is 0 Å². The zero-order valence-electron chi connectivity index (χ0n) is 11.1. The Kier molecular flexibility index (Phi) is 4.84. The van der Waals surface area contributed by atoms with E-state index in [1.807, 2.05) is 4.90 Å². The van der Waals surface area contributed by atoms with Crippen molar-refractivity contribution in [3.05, 3.63) is 0 Å². The number of piperidine rings is 1. The molecule has 1 aliphatic carbocycles. The molecular weight excluding hydrogens is 212 g/mol. The van der Waals surface area contributed by atoms with Gasteiger partial charge in [-0.1, -0.05) is 19.3 Å². The second-order valence-corrected chi connectivity index (χ2v) is 5.69. The van der Waals surface area contributed by atoms with Gasteiger partial charge < -0.3 is 10.2 Å². The number of hydrogen-bond donors (Lipinski definition) is 1. The Morgan fingerprint density at radius 3 is 2.35 bits per heavy atom. The van der Waals surface area contributed by atoms with E-state index in [4.69, 9.17) is 0 Å². The van der Waals surface area contributed by atoms with Gasteiger partial charge in [-0.2, -0.15) is 0 Å². The zero-order chi connectivity index (χ0) is 12.1. The predicted molar refractivity (Wildman–Crippen MR) is 69.9 cm³/mol. The predicted octanol–water partition coefficient (Wildman–Crippen LogP) is 2.17. The molecule has 17 heavy (non-hydrogen) atoms. The van der Waals surface area contributed by atoms with Gasteiger partial charge in [-0.05, 0) is 38.1 Å². The van der Waals surface area contributed by atoms with Crippen molar-refractivity contribution in [2.75, 3.05) is 19.6 Å². The van der Waals surface area contributed by atoms with Gasteiger partial charge in [-0.25, -0.2) is 0 Å². The molecule has 0 aromatic carbocycles. The molecule has 3 heteroatoms. The molecule has 1 saturated heterocycles. The van der Waals surface area contributed by atoms with Crippen molar-refractivity contribution >= 4 is 5.91 Å². The lowest BCUT2D eigenvalue weighted by Crippen LogP contribution is -2.45. The van der Waals surface area contributed by atoms with Crippen molar-refractivity contribution in [1.82, 2.24) is 10.2 Å². The highest BCUT2D eigenvalue weighted by Gasteiger charge is 2.21. The first-order chi connectivity index (χ1) is 8.25. The first-order valence-corrected chi connectivity index (χ1v) is 7.24. The molecule has 1 saturated carbocycles. The fourth-order valence-electron chi connectivity index (χ4n) is 3.12. The molecule has 3 nitrogen and oxygen atoms in total. The normalized spacial score (nSPS) is 23.9. The van der Waals surface area contributed by atoms with E-state index in [2.05, 4.69) is 5.32 Å². The second-order valence-electron chi connectivity index (χ2n) is 5.69. The summed E-state index contributed by atoms with van der Waals surface area (Å²) in [7, 11) is 0. The van der Waals surface area contributed by atoms with E-state index in [9.17, 15) is 4.79 Å². The third kappa shape index (κ3) is 3.98. The molecule has 0 aromatic heterocycles. The lowest BCUT2D eigenvalue weighted by molar-refractivity contribution is -0.129. The maximum absolute atomic E-state index is 11.2. The van der Waals surface area contributed by atoms with Gasteiger partial charge in [0.15, 0.2) is 0 Å². The fourth-order valence-corrected chi connectivity index (χ4v) is 3.12. The smallest absolute Gasteiger partial charge is 0.219 e. The summed E-state index contributed by atoms with van der Waals surface area (Å²) in [6.07, 6.45) is 9.38. The SMILES string of the molecule is CC(=O)N1CCC(NCC2CCCCC2)CC1. The molecule has 0 bridgehead atoms. The van der Waals surface area contributed by atoms with Crippen LogP contribution < -0.4 is 5.32 Å². The third-order valence-corrected chi connectivity index (χ3v) is 4.36. The van der Waals surface area contributed by atoms with Crippen LogP contribution in [0.5, 0.6) is 0 Å². The van der Waals surface area contributed by atoms with E-state index in [1.54, 1.807) is 6.92 Å². The summed E-state index contributed by atoms with van der Waals surface area (Å²) in [5.74, 6) is 1.14. The van der Waals surface area contributed by atoms with E-state index >= 15 is 0 Å². The van der Waals surface area contributed by atoms with Crippen LogP contribution in [0.25, 0.3) is 0 Å². The number of amides is 1. The Labute approximate surface area is 105 Å². The fraction of sp³-hybridized carbons (Fsp3) is 0.929. The molecule has 2 aliphatic rings. The van der Waals surface area contributed by atoms with E-state index in [0.29, 0.717) is 6.04 Å². The maximum Gasteiger partial charge on any atom is 0.219 e. The van der Waals surface area contributed by atoms with Crippen molar-refractivity contribution in [3.63, 3.8) is 0 Å². The van der Waals surface area contributed by atoms with Crippen molar-refractivity contribution in [2.45, 2.75) is 57.9 Å². The van der Waals surface area contributed by atoms with Crippen LogP contribution in [0.3, 0.4) is 0 Å². The molecular formula is C14H26N2O. The minimum Gasteiger partial charge on any atom is -0.343 e. The molecule has 0 atom stereocenters. The van der Waals surface area contributed by atoms with Gasteiger partial charge in [0.25, 0.3) is 0 Å². The molecule has 0 aromatic rings. The Hall–Kier alpha value is -0.570. The molecule has 1 heterocycles. The quantitative estimate of drug-likeness (QED) is 0.817. The minimum absolute atomic E-state index is 0.232. The lowest BCUT2D eigenvalue weighted by atomic mass is 9.89. The molecule has 2 rings (SSSR count). The van der Waals surface area contributed by atoms with Crippen molar-refractivity contribution < 1.29 is 4.79 Å². The monoisotopic (exact) mass is 238 g/mol. The van der Waals surface area contributed by atoms with Crippen LogP contribution in [-0.4, -0.2) is 36.5 Å². The molecule has 0 spiro atoms. The number of hydrogen-bond acceptors (Lipinski definition) is 2. The Morgan fingerprint density at radius 2 is 1.76 bits per heavy atom. The van der Waals surface area contributed by atoms with Crippen molar-refractivity contribution in [2.24, 2.45) is 5.92 Å². The van der Waals surface area contributed by atoms with Crippen LogP contribution >= 0.6 is 0 Å². The minimum atomic E-state index is 0.232. The standard InChI is InChI=1S/C14H26N2O/c1-12(17)16-9-7-14(8-10-16)15-11-13-5-3-2-4-6-13/h13-15H,2-11H2,1H3. The summed E-state index contributed by atoms with van der Waals surface area (Å²) in [4.78, 5) is 13.2. The first kappa shape index (κ1) is 12.9. The summed E-state index contributed by atoms with van der Waals surface area (Å²) in [6, 6.07) is 0.646. The van der Waals surface area contributed by atoms with Gasteiger partial charge in [0.05, 0.1) is 0 Å². The number of rotatable bonds is 3. The second kappa shape index (κ2) is 6.39. The Balaban J connectivity index is 1.62. The van der Waals surface area contributed by atoms with E-state index in [1.165, 1.54) is 38.6 Å². The summed E-state index contributed by atoms with van der Waals surface area (Å²) >= 11 is 0. The summed E-state index contributed by atoms with van der Waals surface area (Å²) < 4.78 is 0.